The molecule has 3 aromatic heterocycles. The summed E-state index contributed by atoms with van der Waals surface area (Å²) in [4.78, 5) is 8.67. The van der Waals surface area contributed by atoms with Gasteiger partial charge in [0.05, 0.1) is 10.9 Å². The summed E-state index contributed by atoms with van der Waals surface area (Å²) < 4.78 is 40.9. The number of halogens is 2. The standard InChI is InChI=1S/C16H17Cl2N5O4S3/c1-9-5-13(23-15(19-9)20-16(21-23)28-2)27-8-10-7-22(3-4-26-10)30(24,25)11-6-12(17)29-14(11)18/h5-6,10H,3-4,7-8H2,1-2H3. The van der Waals surface area contributed by atoms with Crippen LogP contribution in [-0.2, 0) is 14.8 Å². The Morgan fingerprint density at radius 1 is 1.37 bits per heavy atom. The molecular formula is C16H17Cl2N5O4S3. The van der Waals surface area contributed by atoms with Gasteiger partial charge in [-0.2, -0.15) is 13.8 Å². The molecule has 0 spiro atoms. The molecule has 0 bridgehead atoms. The van der Waals surface area contributed by atoms with E-state index >= 15 is 0 Å². The zero-order valence-corrected chi connectivity index (χ0v) is 19.9. The van der Waals surface area contributed by atoms with E-state index < -0.39 is 16.1 Å². The van der Waals surface area contributed by atoms with Gasteiger partial charge < -0.3 is 9.47 Å². The Labute approximate surface area is 191 Å². The number of aromatic nitrogens is 4. The molecule has 1 fully saturated rings. The Bertz CT molecular complexity index is 1180. The zero-order valence-electron chi connectivity index (χ0n) is 15.9. The fraction of sp³-hybridized carbons (Fsp3) is 0.438. The molecule has 4 heterocycles. The van der Waals surface area contributed by atoms with Crippen molar-refractivity contribution in [1.29, 1.82) is 0 Å². The van der Waals surface area contributed by atoms with Crippen molar-refractivity contribution < 1.29 is 17.9 Å². The first-order valence-electron chi connectivity index (χ1n) is 8.75. The molecule has 1 aliphatic heterocycles. The van der Waals surface area contributed by atoms with Crippen LogP contribution in [0.5, 0.6) is 5.88 Å². The normalized spacial score (nSPS) is 18.2. The minimum atomic E-state index is -3.78. The minimum Gasteiger partial charge on any atom is -0.475 e. The monoisotopic (exact) mass is 509 g/mol. The summed E-state index contributed by atoms with van der Waals surface area (Å²) in [6.07, 6.45) is 1.41. The number of thiophene rings is 1. The number of aryl methyl sites for hydroxylation is 1. The summed E-state index contributed by atoms with van der Waals surface area (Å²) in [5.74, 6) is 0.897. The highest BCUT2D eigenvalue weighted by atomic mass is 35.5. The highest BCUT2D eigenvalue weighted by molar-refractivity contribution is 7.98. The van der Waals surface area contributed by atoms with Gasteiger partial charge in [0.1, 0.15) is 21.9 Å². The predicted octanol–water partition coefficient (Wildman–Crippen LogP) is 2.99. The van der Waals surface area contributed by atoms with Gasteiger partial charge in [0.2, 0.25) is 21.1 Å². The van der Waals surface area contributed by atoms with Crippen LogP contribution in [0.1, 0.15) is 5.69 Å². The molecule has 0 radical (unpaired) electrons. The van der Waals surface area contributed by atoms with Crippen LogP contribution in [0.25, 0.3) is 5.78 Å². The average molecular weight is 510 g/mol. The summed E-state index contributed by atoms with van der Waals surface area (Å²) in [6, 6.07) is 3.12. The maximum absolute atomic E-state index is 13.0. The van der Waals surface area contributed by atoms with Crippen LogP contribution in [0.15, 0.2) is 22.2 Å². The van der Waals surface area contributed by atoms with E-state index in [1.165, 1.54) is 26.6 Å². The Hall–Kier alpha value is -1.15. The SMILES string of the molecule is CSc1nc2nc(C)cc(OCC3CN(S(=O)(=O)c4cc(Cl)sc4Cl)CCO3)n2n1. The van der Waals surface area contributed by atoms with Crippen molar-refractivity contribution in [3.63, 3.8) is 0 Å². The van der Waals surface area contributed by atoms with E-state index in [-0.39, 0.29) is 35.5 Å². The molecule has 1 unspecified atom stereocenters. The summed E-state index contributed by atoms with van der Waals surface area (Å²) >= 11 is 14.4. The van der Waals surface area contributed by atoms with Crippen molar-refractivity contribution in [3.05, 3.63) is 26.5 Å². The van der Waals surface area contributed by atoms with Crippen molar-refractivity contribution in [2.45, 2.75) is 23.1 Å². The van der Waals surface area contributed by atoms with Crippen LogP contribution >= 0.6 is 46.3 Å². The van der Waals surface area contributed by atoms with Crippen LogP contribution in [0.4, 0.5) is 0 Å². The number of sulfonamides is 1. The van der Waals surface area contributed by atoms with Gasteiger partial charge in [0.25, 0.3) is 5.78 Å². The van der Waals surface area contributed by atoms with E-state index in [1.807, 2.05) is 13.2 Å². The third-order valence-electron chi connectivity index (χ3n) is 4.33. The molecule has 0 aliphatic carbocycles. The molecule has 1 saturated heterocycles. The first kappa shape index (κ1) is 22.1. The smallest absolute Gasteiger partial charge is 0.256 e. The van der Waals surface area contributed by atoms with Gasteiger partial charge in [-0.1, -0.05) is 35.0 Å². The van der Waals surface area contributed by atoms with Gasteiger partial charge in [-0.05, 0) is 19.2 Å². The van der Waals surface area contributed by atoms with Crippen molar-refractivity contribution in [2.75, 3.05) is 32.6 Å². The van der Waals surface area contributed by atoms with Gasteiger partial charge in [0.15, 0.2) is 0 Å². The lowest BCUT2D eigenvalue weighted by Gasteiger charge is -2.31. The number of thioether (sulfide) groups is 1. The maximum Gasteiger partial charge on any atom is 0.256 e. The quantitative estimate of drug-likeness (QED) is 0.467. The van der Waals surface area contributed by atoms with Crippen molar-refractivity contribution >= 4 is 62.1 Å². The Balaban J connectivity index is 1.49. The second kappa shape index (κ2) is 8.77. The van der Waals surface area contributed by atoms with Crippen molar-refractivity contribution in [3.8, 4) is 5.88 Å². The highest BCUT2D eigenvalue weighted by Crippen LogP contribution is 2.36. The van der Waals surface area contributed by atoms with Crippen molar-refractivity contribution in [1.82, 2.24) is 23.9 Å². The minimum absolute atomic E-state index is 0.0133. The number of rotatable bonds is 6. The molecule has 0 N–H and O–H groups in total. The van der Waals surface area contributed by atoms with Crippen molar-refractivity contribution in [2.24, 2.45) is 0 Å². The Morgan fingerprint density at radius 2 is 2.17 bits per heavy atom. The molecule has 30 heavy (non-hydrogen) atoms. The van der Waals surface area contributed by atoms with Crippen LogP contribution in [-0.4, -0.2) is 71.0 Å². The molecule has 0 saturated carbocycles. The number of hydrogen-bond acceptors (Lipinski definition) is 9. The third kappa shape index (κ3) is 4.40. The van der Waals surface area contributed by atoms with Crippen LogP contribution < -0.4 is 4.74 Å². The lowest BCUT2D eigenvalue weighted by atomic mass is 10.3. The Kier molecular flexibility index (Phi) is 6.45. The molecule has 3 aromatic rings. The van der Waals surface area contributed by atoms with E-state index in [4.69, 9.17) is 32.7 Å². The Morgan fingerprint density at radius 3 is 2.87 bits per heavy atom. The lowest BCUT2D eigenvalue weighted by molar-refractivity contribution is -0.0260. The van der Waals surface area contributed by atoms with Gasteiger partial charge >= 0.3 is 0 Å². The summed E-state index contributed by atoms with van der Waals surface area (Å²) in [7, 11) is -3.78. The fourth-order valence-electron chi connectivity index (χ4n) is 2.95. The van der Waals surface area contributed by atoms with Crippen LogP contribution in [0, 0.1) is 6.92 Å². The average Bonchev–Trinajstić information content (AvgIpc) is 3.28. The molecule has 0 aromatic carbocycles. The van der Waals surface area contributed by atoms with Gasteiger partial charge in [-0.3, -0.25) is 0 Å². The fourth-order valence-corrected chi connectivity index (χ4v) is 6.86. The molecular weight excluding hydrogens is 493 g/mol. The summed E-state index contributed by atoms with van der Waals surface area (Å²) in [5, 5.41) is 4.93. The molecule has 14 heteroatoms. The number of morpholine rings is 1. The number of ether oxygens (including phenoxy) is 2. The number of fused-ring (bicyclic) bond motifs is 1. The maximum atomic E-state index is 13.0. The second-order valence-corrected chi connectivity index (χ2v) is 11.4. The number of nitrogens with zero attached hydrogens (tertiary/aromatic N) is 5. The molecule has 162 valence electrons. The first-order valence-corrected chi connectivity index (χ1v) is 13.0. The highest BCUT2D eigenvalue weighted by Gasteiger charge is 2.33. The lowest BCUT2D eigenvalue weighted by Crippen LogP contribution is -2.47. The molecule has 1 atom stereocenters. The zero-order chi connectivity index (χ0) is 21.5. The largest absolute Gasteiger partial charge is 0.475 e. The van der Waals surface area contributed by atoms with Gasteiger partial charge in [0, 0.05) is 24.8 Å². The summed E-state index contributed by atoms with van der Waals surface area (Å²) in [6.45, 7) is 2.57. The third-order valence-corrected chi connectivity index (χ3v) is 8.49. The van der Waals surface area contributed by atoms with Crippen LogP contribution in [0.3, 0.4) is 0 Å². The second-order valence-electron chi connectivity index (χ2n) is 6.40. The van der Waals surface area contributed by atoms with Gasteiger partial charge in [-0.25, -0.2) is 13.4 Å². The van der Waals surface area contributed by atoms with E-state index in [0.29, 0.717) is 21.2 Å². The molecule has 9 nitrogen and oxygen atoms in total. The molecule has 0 amide bonds. The van der Waals surface area contributed by atoms with E-state index in [0.717, 1.165) is 17.0 Å². The predicted molar refractivity (Wildman–Crippen MR) is 116 cm³/mol. The van der Waals surface area contributed by atoms with E-state index in [1.54, 1.807) is 6.07 Å². The van der Waals surface area contributed by atoms with E-state index in [9.17, 15) is 8.42 Å². The van der Waals surface area contributed by atoms with E-state index in [2.05, 4.69) is 15.1 Å². The molecule has 1 aliphatic rings. The first-order chi connectivity index (χ1) is 14.3. The molecule has 4 rings (SSSR count). The number of hydrogen-bond donors (Lipinski definition) is 0. The van der Waals surface area contributed by atoms with Crippen LogP contribution in [0.2, 0.25) is 8.67 Å². The van der Waals surface area contributed by atoms with Gasteiger partial charge in [-0.15, -0.1) is 16.4 Å². The topological polar surface area (TPSA) is 98.9 Å². The summed E-state index contributed by atoms with van der Waals surface area (Å²) in [5.41, 5.74) is 0.732.